The van der Waals surface area contributed by atoms with Crippen molar-refractivity contribution >= 4 is 11.4 Å². The third-order valence-corrected chi connectivity index (χ3v) is 3.15. The fourth-order valence-corrected chi connectivity index (χ4v) is 1.29. The molecule has 1 rings (SSSR count). The molecule has 1 aromatic rings. The molecule has 0 aliphatic heterocycles. The zero-order valence-electron chi connectivity index (χ0n) is 10.8. The van der Waals surface area contributed by atoms with Crippen LogP contribution in [0, 0.1) is 15.9 Å². The van der Waals surface area contributed by atoms with Crippen LogP contribution in [0.5, 0.6) is 0 Å². The summed E-state index contributed by atoms with van der Waals surface area (Å²) in [5, 5.41) is 23.6. The number of halogens is 1. The third kappa shape index (κ3) is 2.76. The van der Waals surface area contributed by atoms with Gasteiger partial charge in [-0.3, -0.25) is 10.1 Å². The molecule has 0 spiro atoms. The molecule has 100 valence electrons. The molecular weight excluding hydrogens is 239 g/mol. The Labute approximate surface area is 105 Å². The highest BCUT2D eigenvalue weighted by molar-refractivity contribution is 5.63. The first-order valence-corrected chi connectivity index (χ1v) is 5.50. The second-order valence-electron chi connectivity index (χ2n) is 5.20. The summed E-state index contributed by atoms with van der Waals surface area (Å²) < 4.78 is 13.4. The fourth-order valence-electron chi connectivity index (χ4n) is 1.29. The highest BCUT2D eigenvalue weighted by Crippen LogP contribution is 2.32. The minimum Gasteiger partial charge on any atom is -0.388 e. The van der Waals surface area contributed by atoms with Gasteiger partial charge in [0.2, 0.25) is 5.82 Å². The van der Waals surface area contributed by atoms with Gasteiger partial charge in [-0.1, -0.05) is 6.07 Å². The fraction of sp³-hybridized carbons (Fsp3) is 0.500. The van der Waals surface area contributed by atoms with Crippen LogP contribution in [0.3, 0.4) is 0 Å². The number of aliphatic hydroxyl groups is 1. The van der Waals surface area contributed by atoms with Gasteiger partial charge in [0.25, 0.3) is 0 Å². The smallest absolute Gasteiger partial charge is 0.327 e. The minimum absolute atomic E-state index is 0.0483. The summed E-state index contributed by atoms with van der Waals surface area (Å²) in [6, 6.07) is 3.82. The molecule has 6 heteroatoms. The molecule has 0 fully saturated rings. The van der Waals surface area contributed by atoms with Gasteiger partial charge in [0, 0.05) is 0 Å². The summed E-state index contributed by atoms with van der Waals surface area (Å²) in [4.78, 5) is 10.1. The molecule has 0 aliphatic rings. The highest BCUT2D eigenvalue weighted by atomic mass is 19.1. The Morgan fingerprint density at radius 2 is 1.89 bits per heavy atom. The summed E-state index contributed by atoms with van der Waals surface area (Å²) in [5.41, 5.74) is -2.56. The van der Waals surface area contributed by atoms with Crippen molar-refractivity contribution in [3.05, 3.63) is 34.1 Å². The van der Waals surface area contributed by atoms with Crippen molar-refractivity contribution < 1.29 is 14.4 Å². The zero-order valence-corrected chi connectivity index (χ0v) is 10.8. The van der Waals surface area contributed by atoms with E-state index in [-0.39, 0.29) is 5.69 Å². The maximum atomic E-state index is 13.4. The van der Waals surface area contributed by atoms with Crippen molar-refractivity contribution in [1.29, 1.82) is 0 Å². The number of anilines is 1. The topological polar surface area (TPSA) is 75.4 Å². The van der Waals surface area contributed by atoms with Crippen molar-refractivity contribution in [2.24, 2.45) is 0 Å². The first kappa shape index (κ1) is 14.4. The van der Waals surface area contributed by atoms with Gasteiger partial charge in [-0.05, 0) is 39.8 Å². The number of hydrogen-bond acceptors (Lipinski definition) is 4. The molecule has 5 nitrogen and oxygen atoms in total. The number of nitrogens with zero attached hydrogens (tertiary/aromatic N) is 1. The number of para-hydroxylation sites is 1. The van der Waals surface area contributed by atoms with E-state index >= 15 is 0 Å². The molecule has 0 aliphatic carbocycles. The average molecular weight is 256 g/mol. The molecule has 2 N–H and O–H groups in total. The van der Waals surface area contributed by atoms with Crippen LogP contribution in [-0.4, -0.2) is 21.2 Å². The summed E-state index contributed by atoms with van der Waals surface area (Å²) >= 11 is 0. The minimum atomic E-state index is -1.13. The van der Waals surface area contributed by atoms with Crippen LogP contribution in [0.1, 0.15) is 27.7 Å². The van der Waals surface area contributed by atoms with Crippen molar-refractivity contribution in [1.82, 2.24) is 0 Å². The van der Waals surface area contributed by atoms with Crippen LogP contribution in [0.2, 0.25) is 0 Å². The van der Waals surface area contributed by atoms with E-state index in [9.17, 15) is 19.6 Å². The van der Waals surface area contributed by atoms with E-state index in [0.29, 0.717) is 0 Å². The molecule has 0 saturated carbocycles. The Kier molecular flexibility index (Phi) is 3.62. The highest BCUT2D eigenvalue weighted by Gasteiger charge is 2.36. The van der Waals surface area contributed by atoms with Crippen LogP contribution >= 0.6 is 0 Å². The van der Waals surface area contributed by atoms with Crippen LogP contribution in [-0.2, 0) is 0 Å². The maximum absolute atomic E-state index is 13.4. The molecule has 0 aromatic heterocycles. The van der Waals surface area contributed by atoms with Gasteiger partial charge in [0.15, 0.2) is 0 Å². The Balaban J connectivity index is 3.21. The van der Waals surface area contributed by atoms with Gasteiger partial charge in [0.05, 0.1) is 16.1 Å². The monoisotopic (exact) mass is 256 g/mol. The van der Waals surface area contributed by atoms with Crippen LogP contribution in [0.4, 0.5) is 15.8 Å². The maximum Gasteiger partial charge on any atom is 0.327 e. The molecular formula is C12H17FN2O3. The molecule has 0 unspecified atom stereocenters. The van der Waals surface area contributed by atoms with E-state index < -0.39 is 27.6 Å². The molecule has 18 heavy (non-hydrogen) atoms. The van der Waals surface area contributed by atoms with Gasteiger partial charge in [-0.2, -0.15) is 4.39 Å². The number of nitro benzene ring substituents is 1. The van der Waals surface area contributed by atoms with E-state index in [0.717, 1.165) is 6.07 Å². The van der Waals surface area contributed by atoms with Gasteiger partial charge in [0.1, 0.15) is 5.69 Å². The van der Waals surface area contributed by atoms with E-state index in [2.05, 4.69) is 5.32 Å². The Morgan fingerprint density at radius 1 is 1.33 bits per heavy atom. The standard InChI is InChI=1S/C12H17FN2O3/c1-11(2,12(3,4)16)14-9-7-5-6-8(13)10(9)15(17)18/h5-7,14,16H,1-4H3. The lowest BCUT2D eigenvalue weighted by molar-refractivity contribution is -0.386. The quantitative estimate of drug-likeness (QED) is 0.641. The van der Waals surface area contributed by atoms with E-state index in [4.69, 9.17) is 0 Å². The van der Waals surface area contributed by atoms with E-state index in [1.165, 1.54) is 12.1 Å². The van der Waals surface area contributed by atoms with Gasteiger partial charge >= 0.3 is 5.69 Å². The lowest BCUT2D eigenvalue weighted by Crippen LogP contribution is -2.51. The van der Waals surface area contributed by atoms with Crippen molar-refractivity contribution in [3.8, 4) is 0 Å². The normalized spacial score (nSPS) is 12.3. The molecule has 0 amide bonds. The first-order valence-electron chi connectivity index (χ1n) is 5.50. The van der Waals surface area contributed by atoms with Crippen LogP contribution < -0.4 is 5.32 Å². The zero-order chi connectivity index (χ0) is 14.1. The van der Waals surface area contributed by atoms with Crippen LogP contribution in [0.15, 0.2) is 18.2 Å². The summed E-state index contributed by atoms with van der Waals surface area (Å²) in [5.74, 6) is -0.906. The molecule has 0 bridgehead atoms. The lowest BCUT2D eigenvalue weighted by atomic mass is 9.85. The van der Waals surface area contributed by atoms with Crippen molar-refractivity contribution in [2.45, 2.75) is 38.8 Å². The number of rotatable bonds is 4. The first-order chi connectivity index (χ1) is 8.06. The summed E-state index contributed by atoms with van der Waals surface area (Å²) in [6.45, 7) is 6.51. The second-order valence-corrected chi connectivity index (χ2v) is 5.20. The number of nitrogens with one attached hydrogen (secondary N) is 1. The third-order valence-electron chi connectivity index (χ3n) is 3.15. The molecule has 0 heterocycles. The van der Waals surface area contributed by atoms with Crippen molar-refractivity contribution in [2.75, 3.05) is 5.32 Å². The predicted octanol–water partition coefficient (Wildman–Crippen LogP) is 2.70. The molecule has 0 radical (unpaired) electrons. The molecule has 0 atom stereocenters. The van der Waals surface area contributed by atoms with Gasteiger partial charge in [-0.15, -0.1) is 0 Å². The van der Waals surface area contributed by atoms with Gasteiger partial charge < -0.3 is 10.4 Å². The Morgan fingerprint density at radius 3 is 2.33 bits per heavy atom. The summed E-state index contributed by atoms with van der Waals surface area (Å²) in [6.07, 6.45) is 0. The van der Waals surface area contributed by atoms with Crippen molar-refractivity contribution in [3.63, 3.8) is 0 Å². The van der Waals surface area contributed by atoms with E-state index in [1.54, 1.807) is 27.7 Å². The Bertz CT molecular complexity index is 467. The average Bonchev–Trinajstić information content (AvgIpc) is 2.14. The lowest BCUT2D eigenvalue weighted by Gasteiger charge is -2.38. The Hall–Kier alpha value is -1.69. The van der Waals surface area contributed by atoms with Gasteiger partial charge in [-0.25, -0.2) is 0 Å². The molecule has 0 saturated heterocycles. The number of benzene rings is 1. The second kappa shape index (κ2) is 4.53. The predicted molar refractivity (Wildman–Crippen MR) is 67.1 cm³/mol. The number of hydrogen-bond donors (Lipinski definition) is 2. The largest absolute Gasteiger partial charge is 0.388 e. The van der Waals surface area contributed by atoms with Crippen LogP contribution in [0.25, 0.3) is 0 Å². The SMILES string of the molecule is CC(C)(O)C(C)(C)Nc1cccc(F)c1[N+](=O)[O-]. The number of nitro groups is 1. The molecule has 1 aromatic carbocycles. The summed E-state index contributed by atoms with van der Waals surface area (Å²) in [7, 11) is 0. The van der Waals surface area contributed by atoms with E-state index in [1.807, 2.05) is 0 Å².